The number of nitrogens with zero attached hydrogens (tertiary/aromatic N) is 3. The minimum atomic E-state index is -4.53. The Morgan fingerprint density at radius 2 is 1.76 bits per heavy atom. The van der Waals surface area contributed by atoms with E-state index in [4.69, 9.17) is 0 Å². The highest BCUT2D eigenvalue weighted by Gasteiger charge is 2.32. The number of aromatic nitrogens is 1. The van der Waals surface area contributed by atoms with Crippen molar-refractivity contribution in [2.75, 3.05) is 26.2 Å². The lowest BCUT2D eigenvalue weighted by Gasteiger charge is -2.34. The van der Waals surface area contributed by atoms with Gasteiger partial charge in [0.1, 0.15) is 0 Å². The summed E-state index contributed by atoms with van der Waals surface area (Å²) >= 11 is 0. The van der Waals surface area contributed by atoms with E-state index < -0.39 is 27.5 Å². The Hall–Kier alpha value is -2.46. The molecule has 156 valence electrons. The van der Waals surface area contributed by atoms with E-state index in [1.54, 1.807) is 29.3 Å². The molecular weight excluding hydrogens is 407 g/mol. The zero-order valence-electron chi connectivity index (χ0n) is 15.5. The third-order valence-electron chi connectivity index (χ3n) is 4.65. The molecular formula is C19H20F3N3O3S. The first-order valence-corrected chi connectivity index (χ1v) is 10.6. The summed E-state index contributed by atoms with van der Waals surface area (Å²) in [6.07, 6.45) is -2.79. The van der Waals surface area contributed by atoms with Crippen LogP contribution in [0.25, 0.3) is 0 Å². The summed E-state index contributed by atoms with van der Waals surface area (Å²) in [7, 11) is -3.79. The summed E-state index contributed by atoms with van der Waals surface area (Å²) < 4.78 is 64.9. The van der Waals surface area contributed by atoms with E-state index in [1.165, 1.54) is 16.4 Å². The highest BCUT2D eigenvalue weighted by Crippen LogP contribution is 2.30. The molecule has 0 aliphatic carbocycles. The van der Waals surface area contributed by atoms with Crippen molar-refractivity contribution >= 4 is 15.9 Å². The van der Waals surface area contributed by atoms with E-state index in [2.05, 4.69) is 4.98 Å². The van der Waals surface area contributed by atoms with Crippen molar-refractivity contribution < 1.29 is 26.4 Å². The smallest absolute Gasteiger partial charge is 0.340 e. The van der Waals surface area contributed by atoms with E-state index in [-0.39, 0.29) is 44.1 Å². The molecule has 0 atom stereocenters. The van der Waals surface area contributed by atoms with Crippen molar-refractivity contribution in [3.8, 4) is 0 Å². The maximum Gasteiger partial charge on any atom is 0.416 e. The molecule has 1 saturated heterocycles. The predicted octanol–water partition coefficient (Wildman–Crippen LogP) is 2.32. The number of piperazine rings is 1. The number of carbonyl (C=O) groups excluding carboxylic acids is 1. The molecule has 0 radical (unpaired) electrons. The fraction of sp³-hybridized carbons (Fsp3) is 0.368. The Balaban J connectivity index is 1.59. The topological polar surface area (TPSA) is 70.6 Å². The van der Waals surface area contributed by atoms with Crippen molar-refractivity contribution in [1.29, 1.82) is 0 Å². The Morgan fingerprint density at radius 1 is 1.03 bits per heavy atom. The highest BCUT2D eigenvalue weighted by molar-refractivity contribution is 7.88. The summed E-state index contributed by atoms with van der Waals surface area (Å²) in [5.74, 6) is -0.655. The zero-order valence-corrected chi connectivity index (χ0v) is 16.3. The molecule has 1 fully saturated rings. The fourth-order valence-corrected chi connectivity index (χ4v) is 4.63. The first-order chi connectivity index (χ1) is 13.6. The lowest BCUT2D eigenvalue weighted by Crippen LogP contribution is -2.51. The van der Waals surface area contributed by atoms with Gasteiger partial charge < -0.3 is 4.90 Å². The number of rotatable bonds is 5. The van der Waals surface area contributed by atoms with Gasteiger partial charge in [-0.05, 0) is 23.8 Å². The van der Waals surface area contributed by atoms with E-state index in [0.29, 0.717) is 5.69 Å². The Morgan fingerprint density at radius 3 is 2.38 bits per heavy atom. The molecule has 0 spiro atoms. The first-order valence-electron chi connectivity index (χ1n) is 8.97. The van der Waals surface area contributed by atoms with Crippen LogP contribution in [-0.2, 0) is 33.2 Å². The number of benzene rings is 1. The summed E-state index contributed by atoms with van der Waals surface area (Å²) in [5, 5.41) is 0. The van der Waals surface area contributed by atoms with Crippen molar-refractivity contribution in [3.05, 3.63) is 65.5 Å². The molecule has 0 unspecified atom stereocenters. The molecule has 0 N–H and O–H groups in total. The van der Waals surface area contributed by atoms with Crippen molar-refractivity contribution in [3.63, 3.8) is 0 Å². The maximum atomic E-state index is 12.8. The van der Waals surface area contributed by atoms with Crippen LogP contribution >= 0.6 is 0 Å². The van der Waals surface area contributed by atoms with Gasteiger partial charge in [0.25, 0.3) is 0 Å². The van der Waals surface area contributed by atoms with Gasteiger partial charge in [0.2, 0.25) is 15.9 Å². The minimum Gasteiger partial charge on any atom is -0.340 e. The second kappa shape index (κ2) is 8.50. The van der Waals surface area contributed by atoms with E-state index in [0.717, 1.165) is 12.1 Å². The van der Waals surface area contributed by atoms with Crippen LogP contribution in [0.1, 0.15) is 16.8 Å². The zero-order chi connectivity index (χ0) is 21.1. The van der Waals surface area contributed by atoms with Gasteiger partial charge in [-0.25, -0.2) is 8.42 Å². The van der Waals surface area contributed by atoms with Gasteiger partial charge in [0.15, 0.2) is 0 Å². The van der Waals surface area contributed by atoms with Crippen LogP contribution < -0.4 is 0 Å². The monoisotopic (exact) mass is 427 g/mol. The number of carbonyl (C=O) groups is 1. The average Bonchev–Trinajstić information content (AvgIpc) is 2.68. The molecule has 1 aliphatic heterocycles. The normalized spacial score (nSPS) is 16.0. The van der Waals surface area contributed by atoms with E-state index >= 15 is 0 Å². The number of pyridine rings is 1. The van der Waals surface area contributed by atoms with Gasteiger partial charge in [-0.15, -0.1) is 0 Å². The van der Waals surface area contributed by atoms with Crippen LogP contribution in [0.3, 0.4) is 0 Å². The molecule has 1 aliphatic rings. The van der Waals surface area contributed by atoms with Crippen molar-refractivity contribution in [2.45, 2.75) is 18.3 Å². The summed E-state index contributed by atoms with van der Waals surface area (Å²) in [6, 6.07) is 9.59. The third kappa shape index (κ3) is 5.54. The molecule has 1 aromatic heterocycles. The number of alkyl halides is 3. The fourth-order valence-electron chi connectivity index (χ4n) is 3.12. The van der Waals surface area contributed by atoms with Gasteiger partial charge in [-0.3, -0.25) is 9.78 Å². The molecule has 1 amide bonds. The molecule has 0 saturated carbocycles. The highest BCUT2D eigenvalue weighted by atomic mass is 32.2. The van der Waals surface area contributed by atoms with Crippen LogP contribution in [0.5, 0.6) is 0 Å². The molecule has 2 heterocycles. The van der Waals surface area contributed by atoms with Gasteiger partial charge in [-0.2, -0.15) is 17.5 Å². The molecule has 3 rings (SSSR count). The van der Waals surface area contributed by atoms with Crippen LogP contribution in [0.15, 0.2) is 48.7 Å². The summed E-state index contributed by atoms with van der Waals surface area (Å²) in [4.78, 5) is 18.0. The van der Waals surface area contributed by atoms with E-state index in [1.807, 2.05) is 0 Å². The number of hydrogen-bond acceptors (Lipinski definition) is 4. The SMILES string of the molecule is O=C(Cc1ccccn1)N1CCN(S(=O)(=O)Cc2cccc(C(F)(F)F)c2)CC1. The Labute approximate surface area is 167 Å². The van der Waals surface area contributed by atoms with Gasteiger partial charge in [-0.1, -0.05) is 24.3 Å². The Kier molecular flexibility index (Phi) is 6.23. The predicted molar refractivity (Wildman–Crippen MR) is 100 cm³/mol. The number of halogens is 3. The lowest BCUT2D eigenvalue weighted by molar-refractivity contribution is -0.137. The second-order valence-electron chi connectivity index (χ2n) is 6.73. The molecule has 1 aromatic carbocycles. The molecule has 0 bridgehead atoms. The van der Waals surface area contributed by atoms with Gasteiger partial charge in [0, 0.05) is 38.1 Å². The molecule has 10 heteroatoms. The maximum absolute atomic E-state index is 12.8. The Bertz CT molecular complexity index is 957. The molecule has 2 aromatic rings. The van der Waals surface area contributed by atoms with Crippen LogP contribution in [-0.4, -0.2) is 54.7 Å². The molecule has 29 heavy (non-hydrogen) atoms. The van der Waals surface area contributed by atoms with E-state index in [9.17, 15) is 26.4 Å². The summed E-state index contributed by atoms with van der Waals surface area (Å²) in [5.41, 5.74) is -0.166. The summed E-state index contributed by atoms with van der Waals surface area (Å²) in [6.45, 7) is 0.672. The van der Waals surface area contributed by atoms with Crippen molar-refractivity contribution in [2.24, 2.45) is 0 Å². The van der Waals surface area contributed by atoms with Crippen LogP contribution in [0, 0.1) is 0 Å². The standard InChI is InChI=1S/C19H20F3N3O3S/c20-19(21,22)16-5-3-4-15(12-16)14-29(27,28)25-10-8-24(9-11-25)18(26)13-17-6-1-2-7-23-17/h1-7,12H,8-11,13-14H2. The lowest BCUT2D eigenvalue weighted by atomic mass is 10.1. The van der Waals surface area contributed by atoms with Crippen LogP contribution in [0.2, 0.25) is 0 Å². The van der Waals surface area contributed by atoms with Gasteiger partial charge in [0.05, 0.1) is 17.7 Å². The van der Waals surface area contributed by atoms with Crippen LogP contribution in [0.4, 0.5) is 13.2 Å². The molecule has 6 nitrogen and oxygen atoms in total. The first kappa shape index (κ1) is 21.3. The quantitative estimate of drug-likeness (QED) is 0.734. The number of amides is 1. The number of sulfonamides is 1. The third-order valence-corrected chi connectivity index (χ3v) is 6.50. The second-order valence-corrected chi connectivity index (χ2v) is 8.70. The van der Waals surface area contributed by atoms with Crippen molar-refractivity contribution in [1.82, 2.24) is 14.2 Å². The average molecular weight is 427 g/mol. The van der Waals surface area contributed by atoms with Gasteiger partial charge >= 0.3 is 6.18 Å². The minimum absolute atomic E-state index is 0.0773. The number of hydrogen-bond donors (Lipinski definition) is 0. The largest absolute Gasteiger partial charge is 0.416 e.